The van der Waals surface area contributed by atoms with Crippen molar-refractivity contribution in [3.8, 4) is 0 Å². The Hall–Kier alpha value is -2.87. The van der Waals surface area contributed by atoms with Gasteiger partial charge in [-0.3, -0.25) is 9.59 Å². The summed E-state index contributed by atoms with van der Waals surface area (Å²) in [7, 11) is 1.46. The highest BCUT2D eigenvalue weighted by atomic mass is 32.1. The molecule has 0 aliphatic heterocycles. The minimum absolute atomic E-state index is 0.137. The van der Waals surface area contributed by atoms with E-state index in [2.05, 4.69) is 5.32 Å². The van der Waals surface area contributed by atoms with Gasteiger partial charge in [0.15, 0.2) is 6.61 Å². The third-order valence-corrected chi connectivity index (χ3v) is 3.84. The van der Waals surface area contributed by atoms with Gasteiger partial charge >= 0.3 is 5.97 Å². The molecule has 2 rings (SSSR count). The molecular weight excluding hydrogens is 344 g/mol. The van der Waals surface area contributed by atoms with Crippen LogP contribution in [0.3, 0.4) is 0 Å². The van der Waals surface area contributed by atoms with E-state index in [1.54, 1.807) is 18.2 Å². The van der Waals surface area contributed by atoms with Gasteiger partial charge in [0.25, 0.3) is 5.91 Å². The van der Waals surface area contributed by atoms with E-state index in [0.29, 0.717) is 5.76 Å². The summed E-state index contributed by atoms with van der Waals surface area (Å²) in [6, 6.07) is 5.31. The van der Waals surface area contributed by atoms with E-state index in [0.717, 1.165) is 5.56 Å². The SMILES string of the molecule is CN(CC(=O)NCc1ccco1)C(=O)COC(=O)/C=C/c1ccsc1. The first-order valence-electron chi connectivity index (χ1n) is 7.44. The Bertz CT molecular complexity index is 722. The van der Waals surface area contributed by atoms with Crippen LogP contribution < -0.4 is 5.32 Å². The topological polar surface area (TPSA) is 88.8 Å². The number of furan rings is 1. The molecule has 2 heterocycles. The van der Waals surface area contributed by atoms with Gasteiger partial charge < -0.3 is 19.4 Å². The minimum Gasteiger partial charge on any atom is -0.467 e. The Kier molecular flexibility index (Phi) is 6.97. The highest BCUT2D eigenvalue weighted by Crippen LogP contribution is 2.07. The van der Waals surface area contributed by atoms with E-state index in [4.69, 9.17) is 9.15 Å². The first-order chi connectivity index (χ1) is 12.0. The molecule has 0 bridgehead atoms. The fraction of sp³-hybridized carbons (Fsp3) is 0.235. The Balaban J connectivity index is 1.66. The molecule has 0 aliphatic rings. The number of nitrogens with zero attached hydrogens (tertiary/aromatic N) is 1. The molecule has 2 aromatic rings. The van der Waals surface area contributed by atoms with E-state index in [1.807, 2.05) is 16.8 Å². The summed E-state index contributed by atoms with van der Waals surface area (Å²) < 4.78 is 9.96. The number of likely N-dealkylation sites (N-methyl/N-ethyl adjacent to an activating group) is 1. The molecule has 0 radical (unpaired) electrons. The standard InChI is InChI=1S/C17H18N2O5S/c1-19(10-15(20)18-9-14-3-2-7-23-14)16(21)11-24-17(22)5-4-13-6-8-25-12-13/h2-8,12H,9-11H2,1H3,(H,18,20)/b5-4+. The van der Waals surface area contributed by atoms with Crippen LogP contribution in [-0.4, -0.2) is 42.9 Å². The fourth-order valence-electron chi connectivity index (χ4n) is 1.78. The van der Waals surface area contributed by atoms with Crippen LogP contribution >= 0.6 is 11.3 Å². The summed E-state index contributed by atoms with van der Waals surface area (Å²) in [4.78, 5) is 36.4. The summed E-state index contributed by atoms with van der Waals surface area (Å²) in [5.41, 5.74) is 0.888. The van der Waals surface area contributed by atoms with Crippen LogP contribution in [0.1, 0.15) is 11.3 Å². The molecule has 0 unspecified atom stereocenters. The van der Waals surface area contributed by atoms with Crippen molar-refractivity contribution in [2.24, 2.45) is 0 Å². The van der Waals surface area contributed by atoms with Gasteiger partial charge in [-0.05, 0) is 40.6 Å². The van der Waals surface area contributed by atoms with Gasteiger partial charge in [0, 0.05) is 13.1 Å². The number of thiophene rings is 1. The molecule has 0 atom stereocenters. The molecule has 7 nitrogen and oxygen atoms in total. The van der Waals surface area contributed by atoms with Crippen molar-refractivity contribution >= 4 is 35.2 Å². The van der Waals surface area contributed by atoms with Crippen molar-refractivity contribution in [3.05, 3.63) is 52.6 Å². The van der Waals surface area contributed by atoms with Crippen molar-refractivity contribution in [1.82, 2.24) is 10.2 Å². The maximum Gasteiger partial charge on any atom is 0.331 e. The summed E-state index contributed by atoms with van der Waals surface area (Å²) in [6.07, 6.45) is 4.37. The van der Waals surface area contributed by atoms with E-state index in [9.17, 15) is 14.4 Å². The number of nitrogens with one attached hydrogen (secondary N) is 1. The number of rotatable bonds is 8. The third kappa shape index (κ3) is 6.64. The molecule has 0 aromatic carbocycles. The lowest BCUT2D eigenvalue weighted by Crippen LogP contribution is -2.39. The van der Waals surface area contributed by atoms with Crippen molar-refractivity contribution in [2.45, 2.75) is 6.54 Å². The molecule has 0 saturated heterocycles. The third-order valence-electron chi connectivity index (χ3n) is 3.14. The lowest BCUT2D eigenvalue weighted by molar-refractivity contribution is -0.148. The van der Waals surface area contributed by atoms with Crippen LogP contribution in [0, 0.1) is 0 Å². The Morgan fingerprint density at radius 1 is 1.36 bits per heavy atom. The minimum atomic E-state index is -0.616. The number of amides is 2. The summed E-state index contributed by atoms with van der Waals surface area (Å²) in [5.74, 6) is -0.801. The van der Waals surface area contributed by atoms with Crippen molar-refractivity contribution in [1.29, 1.82) is 0 Å². The molecule has 1 N–H and O–H groups in total. The number of hydrogen-bond donors (Lipinski definition) is 1. The lowest BCUT2D eigenvalue weighted by Gasteiger charge is -2.16. The molecule has 0 saturated carbocycles. The monoisotopic (exact) mass is 362 g/mol. The molecule has 0 spiro atoms. The smallest absolute Gasteiger partial charge is 0.331 e. The van der Waals surface area contributed by atoms with E-state index in [-0.39, 0.29) is 19.0 Å². The fourth-order valence-corrected chi connectivity index (χ4v) is 2.41. The van der Waals surface area contributed by atoms with Gasteiger partial charge in [-0.2, -0.15) is 11.3 Å². The van der Waals surface area contributed by atoms with Crippen LogP contribution in [0.15, 0.2) is 45.7 Å². The van der Waals surface area contributed by atoms with Gasteiger partial charge in [0.05, 0.1) is 19.4 Å². The van der Waals surface area contributed by atoms with Gasteiger partial charge in [-0.25, -0.2) is 4.79 Å². The Morgan fingerprint density at radius 2 is 2.20 bits per heavy atom. The van der Waals surface area contributed by atoms with Crippen molar-refractivity contribution < 1.29 is 23.5 Å². The van der Waals surface area contributed by atoms with Crippen LogP contribution in [0.5, 0.6) is 0 Å². The van der Waals surface area contributed by atoms with Gasteiger partial charge in [0.2, 0.25) is 5.91 Å². The molecule has 8 heteroatoms. The van der Waals surface area contributed by atoms with Crippen LogP contribution in [0.4, 0.5) is 0 Å². The normalized spacial score (nSPS) is 10.6. The van der Waals surface area contributed by atoms with E-state index >= 15 is 0 Å². The van der Waals surface area contributed by atoms with Crippen molar-refractivity contribution in [2.75, 3.05) is 20.2 Å². The van der Waals surface area contributed by atoms with Crippen LogP contribution in [0.2, 0.25) is 0 Å². The second-order valence-corrected chi connectivity index (χ2v) is 5.88. The predicted octanol–water partition coefficient (Wildman–Crippen LogP) is 1.67. The van der Waals surface area contributed by atoms with E-state index in [1.165, 1.54) is 35.6 Å². The second-order valence-electron chi connectivity index (χ2n) is 5.10. The zero-order valence-corrected chi connectivity index (χ0v) is 14.5. The summed E-state index contributed by atoms with van der Waals surface area (Å²) in [6.45, 7) is -0.313. The van der Waals surface area contributed by atoms with Gasteiger partial charge in [-0.1, -0.05) is 0 Å². The maximum atomic E-state index is 11.9. The average Bonchev–Trinajstić information content (AvgIpc) is 3.29. The average molecular weight is 362 g/mol. The number of carbonyl (C=O) groups excluding carboxylic acids is 3. The maximum absolute atomic E-state index is 11.9. The van der Waals surface area contributed by atoms with Gasteiger partial charge in [-0.15, -0.1) is 0 Å². The predicted molar refractivity (Wildman–Crippen MR) is 92.5 cm³/mol. The number of esters is 1. The first kappa shape index (κ1) is 18.5. The zero-order chi connectivity index (χ0) is 18.1. The highest BCUT2D eigenvalue weighted by Gasteiger charge is 2.14. The lowest BCUT2D eigenvalue weighted by atomic mass is 10.3. The molecule has 2 aromatic heterocycles. The molecule has 0 aliphatic carbocycles. The van der Waals surface area contributed by atoms with E-state index < -0.39 is 18.5 Å². The summed E-state index contributed by atoms with van der Waals surface area (Å²) in [5, 5.41) is 6.40. The largest absolute Gasteiger partial charge is 0.467 e. The number of ether oxygens (including phenoxy) is 1. The molecule has 25 heavy (non-hydrogen) atoms. The quantitative estimate of drug-likeness (QED) is 0.570. The molecule has 132 valence electrons. The van der Waals surface area contributed by atoms with Crippen LogP contribution in [0.25, 0.3) is 6.08 Å². The van der Waals surface area contributed by atoms with Gasteiger partial charge in [0.1, 0.15) is 5.76 Å². The first-order valence-corrected chi connectivity index (χ1v) is 8.39. The highest BCUT2D eigenvalue weighted by molar-refractivity contribution is 7.08. The number of carbonyl (C=O) groups is 3. The molecular formula is C17H18N2O5S. The Labute approximate surface area is 148 Å². The number of hydrogen-bond acceptors (Lipinski definition) is 6. The molecule has 2 amide bonds. The Morgan fingerprint density at radius 3 is 2.88 bits per heavy atom. The zero-order valence-electron chi connectivity index (χ0n) is 13.6. The van der Waals surface area contributed by atoms with Crippen LogP contribution in [-0.2, 0) is 25.7 Å². The molecule has 0 fully saturated rings. The van der Waals surface area contributed by atoms with Crippen molar-refractivity contribution in [3.63, 3.8) is 0 Å². The summed E-state index contributed by atoms with van der Waals surface area (Å²) >= 11 is 1.51. The second kappa shape index (κ2) is 9.43.